The molecule has 1 N–H and O–H groups in total. The van der Waals surface area contributed by atoms with Crippen molar-refractivity contribution in [1.29, 1.82) is 0 Å². The molecule has 78 valence electrons. The molecule has 0 amide bonds. The minimum Gasteiger partial charge on any atom is -0.316 e. The highest BCUT2D eigenvalue weighted by Gasteiger charge is 2.04. The molecular formula is C12H12BrNS. The van der Waals surface area contributed by atoms with Crippen LogP contribution in [-0.4, -0.2) is 7.05 Å². The number of hydrogen-bond acceptors (Lipinski definition) is 2. The van der Waals surface area contributed by atoms with Crippen LogP contribution in [0.25, 0.3) is 10.4 Å². The Morgan fingerprint density at radius 2 is 2.20 bits per heavy atom. The number of hydrogen-bond donors (Lipinski definition) is 1. The molecule has 0 atom stereocenters. The summed E-state index contributed by atoms with van der Waals surface area (Å²) in [7, 11) is 1.97. The zero-order chi connectivity index (χ0) is 10.7. The second kappa shape index (κ2) is 4.92. The Morgan fingerprint density at radius 1 is 1.33 bits per heavy atom. The first-order valence-electron chi connectivity index (χ1n) is 4.78. The van der Waals surface area contributed by atoms with Crippen LogP contribution >= 0.6 is 27.3 Å². The summed E-state index contributed by atoms with van der Waals surface area (Å²) in [5, 5.41) is 5.26. The molecule has 15 heavy (non-hydrogen) atoms. The van der Waals surface area contributed by atoms with Crippen molar-refractivity contribution in [2.75, 3.05) is 7.05 Å². The predicted octanol–water partition coefficient (Wildman–Crippen LogP) is 3.90. The van der Waals surface area contributed by atoms with E-state index in [1.807, 2.05) is 7.05 Å². The lowest BCUT2D eigenvalue weighted by Gasteiger charge is -2.03. The van der Waals surface area contributed by atoms with Crippen molar-refractivity contribution in [3.05, 3.63) is 45.7 Å². The molecule has 2 aromatic rings. The van der Waals surface area contributed by atoms with Gasteiger partial charge < -0.3 is 5.32 Å². The molecule has 1 heterocycles. The molecule has 0 aliphatic heterocycles. The van der Waals surface area contributed by atoms with E-state index in [1.54, 1.807) is 11.3 Å². The van der Waals surface area contributed by atoms with Gasteiger partial charge in [0.2, 0.25) is 0 Å². The maximum atomic E-state index is 3.56. The van der Waals surface area contributed by atoms with Crippen molar-refractivity contribution in [1.82, 2.24) is 5.32 Å². The van der Waals surface area contributed by atoms with Crippen LogP contribution in [0.5, 0.6) is 0 Å². The molecule has 3 heteroatoms. The summed E-state index contributed by atoms with van der Waals surface area (Å²) in [6, 6.07) is 10.7. The highest BCUT2D eigenvalue weighted by molar-refractivity contribution is 9.10. The van der Waals surface area contributed by atoms with Gasteiger partial charge in [0.05, 0.1) is 0 Å². The van der Waals surface area contributed by atoms with Gasteiger partial charge in [0.1, 0.15) is 0 Å². The van der Waals surface area contributed by atoms with Gasteiger partial charge in [0.25, 0.3) is 0 Å². The zero-order valence-corrected chi connectivity index (χ0v) is 10.9. The smallest absolute Gasteiger partial charge is 0.0484 e. The lowest BCUT2D eigenvalue weighted by atomic mass is 10.1. The summed E-state index contributed by atoms with van der Waals surface area (Å²) >= 11 is 5.32. The molecule has 0 saturated carbocycles. The number of benzene rings is 1. The second-order valence-electron chi connectivity index (χ2n) is 3.33. The zero-order valence-electron chi connectivity index (χ0n) is 8.46. The van der Waals surface area contributed by atoms with Gasteiger partial charge in [-0.15, -0.1) is 11.3 Å². The van der Waals surface area contributed by atoms with Gasteiger partial charge in [-0.25, -0.2) is 0 Å². The molecule has 2 rings (SSSR count). The molecular weight excluding hydrogens is 270 g/mol. The topological polar surface area (TPSA) is 12.0 Å². The summed E-state index contributed by atoms with van der Waals surface area (Å²) < 4.78 is 1.18. The molecule has 0 unspecified atom stereocenters. The van der Waals surface area contributed by atoms with Crippen molar-refractivity contribution < 1.29 is 0 Å². The van der Waals surface area contributed by atoms with Gasteiger partial charge in [-0.2, -0.15) is 0 Å². The van der Waals surface area contributed by atoms with E-state index in [4.69, 9.17) is 0 Å². The summed E-state index contributed by atoms with van der Waals surface area (Å²) in [4.78, 5) is 1.30. The van der Waals surface area contributed by atoms with Crippen LogP contribution in [0.15, 0.2) is 40.2 Å². The van der Waals surface area contributed by atoms with Crippen LogP contribution in [0.3, 0.4) is 0 Å². The number of halogens is 1. The quantitative estimate of drug-likeness (QED) is 0.900. The third-order valence-electron chi connectivity index (χ3n) is 2.19. The number of nitrogens with one attached hydrogen (secondary N) is 1. The van der Waals surface area contributed by atoms with Crippen molar-refractivity contribution >= 4 is 27.3 Å². The van der Waals surface area contributed by atoms with E-state index in [0.29, 0.717) is 0 Å². The van der Waals surface area contributed by atoms with E-state index in [2.05, 4.69) is 57.0 Å². The SMILES string of the molecule is CNCc1cccc(-c2sccc2Br)c1. The van der Waals surface area contributed by atoms with Gasteiger partial charge in [-0.05, 0) is 51.6 Å². The van der Waals surface area contributed by atoms with Gasteiger partial charge in [-0.1, -0.05) is 18.2 Å². The second-order valence-corrected chi connectivity index (χ2v) is 5.10. The van der Waals surface area contributed by atoms with Crippen molar-refractivity contribution in [2.45, 2.75) is 6.54 Å². The van der Waals surface area contributed by atoms with Gasteiger partial charge in [0.15, 0.2) is 0 Å². The lowest BCUT2D eigenvalue weighted by molar-refractivity contribution is 0.818. The number of thiophene rings is 1. The van der Waals surface area contributed by atoms with E-state index in [9.17, 15) is 0 Å². The molecule has 0 fully saturated rings. The third-order valence-corrected chi connectivity index (χ3v) is 4.07. The van der Waals surface area contributed by atoms with Crippen LogP contribution in [0, 0.1) is 0 Å². The van der Waals surface area contributed by atoms with Crippen molar-refractivity contribution in [3.8, 4) is 10.4 Å². The minimum atomic E-state index is 0.914. The van der Waals surface area contributed by atoms with E-state index in [1.165, 1.54) is 20.5 Å². The Kier molecular flexibility index (Phi) is 3.57. The highest BCUT2D eigenvalue weighted by atomic mass is 79.9. The Hall–Kier alpha value is -0.640. The van der Waals surface area contributed by atoms with Gasteiger partial charge >= 0.3 is 0 Å². The molecule has 0 aliphatic carbocycles. The largest absolute Gasteiger partial charge is 0.316 e. The first kappa shape index (κ1) is 10.9. The third kappa shape index (κ3) is 2.48. The van der Waals surface area contributed by atoms with Crippen molar-refractivity contribution in [2.24, 2.45) is 0 Å². The Bertz CT molecular complexity index is 450. The maximum absolute atomic E-state index is 3.56. The normalized spacial score (nSPS) is 10.5. The molecule has 0 spiro atoms. The van der Waals surface area contributed by atoms with Crippen LogP contribution in [0.4, 0.5) is 0 Å². The van der Waals surface area contributed by atoms with Gasteiger partial charge in [0, 0.05) is 15.9 Å². The molecule has 0 bridgehead atoms. The molecule has 1 aromatic heterocycles. The highest BCUT2D eigenvalue weighted by Crippen LogP contribution is 2.33. The van der Waals surface area contributed by atoms with Crippen LogP contribution in [0.1, 0.15) is 5.56 Å². The minimum absolute atomic E-state index is 0.914. The van der Waals surface area contributed by atoms with Crippen LogP contribution < -0.4 is 5.32 Å². The molecule has 1 aromatic carbocycles. The number of rotatable bonds is 3. The van der Waals surface area contributed by atoms with E-state index < -0.39 is 0 Å². The summed E-state index contributed by atoms with van der Waals surface area (Å²) in [6.45, 7) is 0.914. The standard InChI is InChI=1S/C12H12BrNS/c1-14-8-9-3-2-4-10(7-9)12-11(13)5-6-15-12/h2-7,14H,8H2,1H3. The van der Waals surface area contributed by atoms with E-state index >= 15 is 0 Å². The van der Waals surface area contributed by atoms with Crippen LogP contribution in [-0.2, 0) is 6.54 Å². The fourth-order valence-corrected chi connectivity index (χ4v) is 3.13. The lowest BCUT2D eigenvalue weighted by Crippen LogP contribution is -2.04. The van der Waals surface area contributed by atoms with E-state index in [-0.39, 0.29) is 0 Å². The molecule has 1 nitrogen and oxygen atoms in total. The fourth-order valence-electron chi connectivity index (χ4n) is 1.53. The van der Waals surface area contributed by atoms with E-state index in [0.717, 1.165) is 6.54 Å². The summed E-state index contributed by atoms with van der Waals surface area (Å²) in [5.74, 6) is 0. The van der Waals surface area contributed by atoms with Gasteiger partial charge in [-0.3, -0.25) is 0 Å². The van der Waals surface area contributed by atoms with Crippen molar-refractivity contribution in [3.63, 3.8) is 0 Å². The first-order chi connectivity index (χ1) is 7.31. The Balaban J connectivity index is 2.37. The summed E-state index contributed by atoms with van der Waals surface area (Å²) in [5.41, 5.74) is 2.60. The Labute approximate surface area is 102 Å². The fraction of sp³-hybridized carbons (Fsp3) is 0.167. The predicted molar refractivity (Wildman–Crippen MR) is 70.2 cm³/mol. The summed E-state index contributed by atoms with van der Waals surface area (Å²) in [6.07, 6.45) is 0. The monoisotopic (exact) mass is 281 g/mol. The molecule has 0 radical (unpaired) electrons. The van der Waals surface area contributed by atoms with Crippen LogP contribution in [0.2, 0.25) is 0 Å². The first-order valence-corrected chi connectivity index (χ1v) is 6.45. The maximum Gasteiger partial charge on any atom is 0.0484 e. The average molecular weight is 282 g/mol. The Morgan fingerprint density at radius 3 is 2.87 bits per heavy atom. The molecule has 0 saturated heterocycles. The average Bonchev–Trinajstić information content (AvgIpc) is 2.65. The molecule has 0 aliphatic rings.